The molecule has 1 aromatic heterocycles. The molecule has 0 spiro atoms. The van der Waals surface area contributed by atoms with Crippen molar-refractivity contribution in [3.05, 3.63) is 33.7 Å². The van der Waals surface area contributed by atoms with Gasteiger partial charge in [0.15, 0.2) is 0 Å². The van der Waals surface area contributed by atoms with Crippen molar-refractivity contribution in [3.63, 3.8) is 0 Å². The van der Waals surface area contributed by atoms with Crippen LogP contribution in [-0.4, -0.2) is 4.57 Å². The lowest BCUT2D eigenvalue weighted by Gasteiger charge is -2.08. The molecule has 1 rings (SSSR count). The molecule has 0 aliphatic heterocycles. The molecule has 0 aromatic carbocycles. The maximum atomic E-state index is 11.7. The third-order valence-corrected chi connectivity index (χ3v) is 2.22. The van der Waals surface area contributed by atoms with Gasteiger partial charge in [-0.15, -0.1) is 12.3 Å². The molecule has 0 saturated carbocycles. The number of nitrogens with zero attached hydrogens (tertiary/aromatic N) is 2. The first-order valence-corrected chi connectivity index (χ1v) is 4.74. The molecule has 15 heavy (non-hydrogen) atoms. The summed E-state index contributed by atoms with van der Waals surface area (Å²) < 4.78 is 1.59. The van der Waals surface area contributed by atoms with Crippen LogP contribution >= 0.6 is 0 Å². The first-order chi connectivity index (χ1) is 7.20. The molecule has 0 aliphatic rings. The first kappa shape index (κ1) is 11.1. The van der Waals surface area contributed by atoms with Crippen LogP contribution in [-0.2, 0) is 6.54 Å². The van der Waals surface area contributed by atoms with Crippen molar-refractivity contribution in [2.24, 2.45) is 0 Å². The van der Waals surface area contributed by atoms with Crippen molar-refractivity contribution in [3.8, 4) is 18.4 Å². The Bertz CT molecular complexity index is 486. The van der Waals surface area contributed by atoms with Crippen molar-refractivity contribution >= 4 is 0 Å². The molecule has 0 atom stereocenters. The minimum Gasteiger partial charge on any atom is -0.312 e. The summed E-state index contributed by atoms with van der Waals surface area (Å²) in [7, 11) is 0. The van der Waals surface area contributed by atoms with Crippen LogP contribution in [0.15, 0.2) is 16.9 Å². The van der Waals surface area contributed by atoms with Crippen LogP contribution in [0.4, 0.5) is 0 Å². The smallest absolute Gasteiger partial charge is 0.268 e. The van der Waals surface area contributed by atoms with Crippen molar-refractivity contribution in [2.45, 2.75) is 26.3 Å². The van der Waals surface area contributed by atoms with E-state index in [-0.39, 0.29) is 11.1 Å². The summed E-state index contributed by atoms with van der Waals surface area (Å²) >= 11 is 0. The van der Waals surface area contributed by atoms with Gasteiger partial charge in [-0.3, -0.25) is 4.79 Å². The van der Waals surface area contributed by atoms with E-state index in [1.165, 1.54) is 0 Å². The third kappa shape index (κ3) is 2.48. The lowest BCUT2D eigenvalue weighted by molar-refractivity contribution is 0.616. The number of terminal acetylenes is 1. The standard InChI is InChI=1S/C12H12N2O/c1-3-4-5-8-14-10(2)6-7-11(9-13)12(14)15/h1,6-7H,4-5,8H2,2H3. The number of aryl methyl sites for hydroxylation is 1. The number of rotatable bonds is 3. The highest BCUT2D eigenvalue weighted by molar-refractivity contribution is 5.27. The van der Waals surface area contributed by atoms with E-state index < -0.39 is 0 Å². The van der Waals surface area contributed by atoms with E-state index in [0.717, 1.165) is 12.1 Å². The Labute approximate surface area is 89.0 Å². The van der Waals surface area contributed by atoms with Gasteiger partial charge in [-0.1, -0.05) is 0 Å². The molecule has 0 radical (unpaired) electrons. The zero-order valence-electron chi connectivity index (χ0n) is 8.66. The number of nitriles is 1. The van der Waals surface area contributed by atoms with Gasteiger partial charge in [0.25, 0.3) is 5.56 Å². The minimum absolute atomic E-state index is 0.182. The highest BCUT2D eigenvalue weighted by Gasteiger charge is 2.04. The molecule has 1 heterocycles. The molecule has 1 aromatic rings. The second-order valence-electron chi connectivity index (χ2n) is 3.26. The highest BCUT2D eigenvalue weighted by atomic mass is 16.1. The summed E-state index contributed by atoms with van der Waals surface area (Å²) in [6.45, 7) is 2.42. The topological polar surface area (TPSA) is 45.8 Å². The lowest BCUT2D eigenvalue weighted by Crippen LogP contribution is -2.24. The van der Waals surface area contributed by atoms with Crippen LogP contribution in [0.3, 0.4) is 0 Å². The maximum absolute atomic E-state index is 11.7. The number of hydrogen-bond acceptors (Lipinski definition) is 2. The Morgan fingerprint density at radius 3 is 2.87 bits per heavy atom. The normalized spacial score (nSPS) is 9.27. The average Bonchev–Trinajstić information content (AvgIpc) is 2.23. The Morgan fingerprint density at radius 1 is 1.53 bits per heavy atom. The number of pyridine rings is 1. The second-order valence-corrected chi connectivity index (χ2v) is 3.26. The summed E-state index contributed by atoms with van der Waals surface area (Å²) in [4.78, 5) is 11.7. The van der Waals surface area contributed by atoms with Gasteiger partial charge in [-0.05, 0) is 25.5 Å². The molecule has 0 amide bonds. The molecular formula is C12H12N2O. The van der Waals surface area contributed by atoms with Crippen LogP contribution in [0.25, 0.3) is 0 Å². The number of unbranched alkanes of at least 4 members (excludes halogenated alkanes) is 1. The Balaban J connectivity index is 3.02. The van der Waals surface area contributed by atoms with Gasteiger partial charge in [0, 0.05) is 18.7 Å². The summed E-state index contributed by atoms with van der Waals surface area (Å²) in [6, 6.07) is 5.20. The van der Waals surface area contributed by atoms with E-state index in [1.54, 1.807) is 16.7 Å². The van der Waals surface area contributed by atoms with Gasteiger partial charge in [-0.2, -0.15) is 5.26 Å². The largest absolute Gasteiger partial charge is 0.312 e. The molecule has 0 fully saturated rings. The van der Waals surface area contributed by atoms with Gasteiger partial charge in [0.1, 0.15) is 11.6 Å². The Kier molecular flexibility index (Phi) is 3.71. The molecule has 0 aliphatic carbocycles. The van der Waals surface area contributed by atoms with Crippen molar-refractivity contribution in [2.75, 3.05) is 0 Å². The molecule has 0 unspecified atom stereocenters. The van der Waals surface area contributed by atoms with Gasteiger partial charge >= 0.3 is 0 Å². The molecule has 0 N–H and O–H groups in total. The fraction of sp³-hybridized carbons (Fsp3) is 0.333. The molecule has 3 heteroatoms. The van der Waals surface area contributed by atoms with E-state index >= 15 is 0 Å². The van der Waals surface area contributed by atoms with Crippen LogP contribution < -0.4 is 5.56 Å². The summed E-state index contributed by atoms with van der Waals surface area (Å²) in [5.41, 5.74) is 0.812. The molecule has 3 nitrogen and oxygen atoms in total. The van der Waals surface area contributed by atoms with Crippen molar-refractivity contribution in [1.29, 1.82) is 5.26 Å². The van der Waals surface area contributed by atoms with Gasteiger partial charge < -0.3 is 4.57 Å². The van der Waals surface area contributed by atoms with E-state index in [0.29, 0.717) is 13.0 Å². The SMILES string of the molecule is C#CCCCn1c(C)ccc(C#N)c1=O. The van der Waals surface area contributed by atoms with Crippen LogP contribution in [0.2, 0.25) is 0 Å². The summed E-state index contributed by atoms with van der Waals surface area (Å²) in [6.07, 6.45) is 6.53. The monoisotopic (exact) mass is 200 g/mol. The van der Waals surface area contributed by atoms with E-state index in [4.69, 9.17) is 11.7 Å². The van der Waals surface area contributed by atoms with E-state index in [2.05, 4.69) is 5.92 Å². The van der Waals surface area contributed by atoms with Gasteiger partial charge in [0.05, 0.1) is 0 Å². The second kappa shape index (κ2) is 5.02. The average molecular weight is 200 g/mol. The van der Waals surface area contributed by atoms with E-state index in [1.807, 2.05) is 13.0 Å². The maximum Gasteiger partial charge on any atom is 0.268 e. The molecule has 76 valence electrons. The Hall–Kier alpha value is -2.00. The highest BCUT2D eigenvalue weighted by Crippen LogP contribution is 2.00. The number of aromatic nitrogens is 1. The Morgan fingerprint density at radius 2 is 2.27 bits per heavy atom. The van der Waals surface area contributed by atoms with Gasteiger partial charge in [-0.25, -0.2) is 0 Å². The minimum atomic E-state index is -0.227. The summed E-state index contributed by atoms with van der Waals surface area (Å²) in [5.74, 6) is 2.53. The first-order valence-electron chi connectivity index (χ1n) is 4.74. The molecule has 0 saturated heterocycles. The van der Waals surface area contributed by atoms with Crippen molar-refractivity contribution < 1.29 is 0 Å². The van der Waals surface area contributed by atoms with Gasteiger partial charge in [0.2, 0.25) is 0 Å². The van der Waals surface area contributed by atoms with Crippen molar-refractivity contribution in [1.82, 2.24) is 4.57 Å². The predicted octanol–water partition coefficient (Wildman–Crippen LogP) is 1.44. The zero-order valence-corrected chi connectivity index (χ0v) is 8.66. The molecular weight excluding hydrogens is 188 g/mol. The van der Waals surface area contributed by atoms with Crippen LogP contribution in [0.5, 0.6) is 0 Å². The zero-order chi connectivity index (χ0) is 11.3. The number of hydrogen-bond donors (Lipinski definition) is 0. The lowest BCUT2D eigenvalue weighted by atomic mass is 10.2. The molecule has 0 bridgehead atoms. The fourth-order valence-electron chi connectivity index (χ4n) is 1.37. The summed E-state index contributed by atoms with van der Waals surface area (Å²) in [5, 5.41) is 8.71. The fourth-order valence-corrected chi connectivity index (χ4v) is 1.37. The van der Waals surface area contributed by atoms with Crippen LogP contribution in [0.1, 0.15) is 24.1 Å². The van der Waals surface area contributed by atoms with Crippen LogP contribution in [0, 0.1) is 30.6 Å². The van der Waals surface area contributed by atoms with E-state index in [9.17, 15) is 4.79 Å². The third-order valence-electron chi connectivity index (χ3n) is 2.22. The predicted molar refractivity (Wildman–Crippen MR) is 58.2 cm³/mol. The quantitative estimate of drug-likeness (QED) is 0.547.